The molecule has 0 aliphatic carbocycles. The van der Waals surface area contributed by atoms with Crippen molar-refractivity contribution >= 4 is 33.9 Å². The van der Waals surface area contributed by atoms with Crippen molar-refractivity contribution in [1.29, 1.82) is 0 Å². The molecule has 1 heterocycles. The molecule has 0 atom stereocenters. The number of nitrogens with one attached hydrogen (secondary N) is 3. The molecular formula is C16H19N3O2S. The molecule has 0 radical (unpaired) electrons. The first-order valence-electron chi connectivity index (χ1n) is 6.88. The monoisotopic (exact) mass is 317 g/mol. The van der Waals surface area contributed by atoms with Crippen molar-refractivity contribution in [3.8, 4) is 5.75 Å². The quantitative estimate of drug-likeness (QED) is 0.756. The number of pyridine rings is 1. The third-order valence-corrected chi connectivity index (χ3v) is 3.27. The molecule has 1 aromatic heterocycles. The lowest BCUT2D eigenvalue weighted by Gasteiger charge is -2.15. The zero-order valence-corrected chi connectivity index (χ0v) is 13.6. The SMILES string of the molecule is C=C(NC(=S)NC(C)C)c1cc(=O)c2ccc(OC)cc2[nH]1. The fraction of sp³-hybridized carbons (Fsp3) is 0.250. The van der Waals surface area contributed by atoms with E-state index in [4.69, 9.17) is 17.0 Å². The van der Waals surface area contributed by atoms with Crippen LogP contribution in [0, 0.1) is 0 Å². The van der Waals surface area contributed by atoms with Gasteiger partial charge in [0.25, 0.3) is 0 Å². The summed E-state index contributed by atoms with van der Waals surface area (Å²) in [5.74, 6) is 0.677. The minimum Gasteiger partial charge on any atom is -0.497 e. The van der Waals surface area contributed by atoms with E-state index in [1.807, 2.05) is 13.8 Å². The molecule has 5 nitrogen and oxygen atoms in total. The summed E-state index contributed by atoms with van der Waals surface area (Å²) >= 11 is 5.18. The summed E-state index contributed by atoms with van der Waals surface area (Å²) in [4.78, 5) is 15.4. The van der Waals surface area contributed by atoms with Crippen LogP contribution < -0.4 is 20.8 Å². The molecule has 2 aromatic rings. The molecule has 0 aliphatic heterocycles. The average Bonchev–Trinajstić information content (AvgIpc) is 2.45. The van der Waals surface area contributed by atoms with Gasteiger partial charge in [-0.25, -0.2) is 0 Å². The van der Waals surface area contributed by atoms with Crippen LogP contribution in [0.1, 0.15) is 19.5 Å². The third-order valence-electron chi connectivity index (χ3n) is 3.05. The molecule has 3 N–H and O–H groups in total. The van der Waals surface area contributed by atoms with Gasteiger partial charge < -0.3 is 20.4 Å². The smallest absolute Gasteiger partial charge is 0.190 e. The number of benzene rings is 1. The predicted molar refractivity (Wildman–Crippen MR) is 94.2 cm³/mol. The Kier molecular flexibility index (Phi) is 4.82. The van der Waals surface area contributed by atoms with Gasteiger partial charge in [0.2, 0.25) is 0 Å². The Bertz CT molecular complexity index is 781. The van der Waals surface area contributed by atoms with Crippen LogP contribution in [0.5, 0.6) is 5.75 Å². The number of aromatic amines is 1. The van der Waals surface area contributed by atoms with Crippen LogP contribution in [0.15, 0.2) is 35.6 Å². The molecule has 0 saturated heterocycles. The van der Waals surface area contributed by atoms with Crippen molar-refractivity contribution in [3.05, 3.63) is 46.8 Å². The summed E-state index contributed by atoms with van der Waals surface area (Å²) < 4.78 is 5.18. The largest absolute Gasteiger partial charge is 0.497 e. The summed E-state index contributed by atoms with van der Waals surface area (Å²) in [6, 6.07) is 6.98. The summed E-state index contributed by atoms with van der Waals surface area (Å²) in [7, 11) is 1.58. The van der Waals surface area contributed by atoms with E-state index in [1.165, 1.54) is 6.07 Å². The number of rotatable bonds is 4. The number of fused-ring (bicyclic) bond motifs is 1. The third kappa shape index (κ3) is 3.65. The van der Waals surface area contributed by atoms with Gasteiger partial charge in [0, 0.05) is 23.6 Å². The number of methoxy groups -OCH3 is 1. The van der Waals surface area contributed by atoms with Crippen LogP contribution in [0.3, 0.4) is 0 Å². The molecular weight excluding hydrogens is 298 g/mol. The summed E-state index contributed by atoms with van der Waals surface area (Å²) in [5.41, 5.74) is 1.71. The normalized spacial score (nSPS) is 10.5. The van der Waals surface area contributed by atoms with E-state index in [-0.39, 0.29) is 11.5 Å². The van der Waals surface area contributed by atoms with Crippen molar-refractivity contribution in [2.45, 2.75) is 19.9 Å². The van der Waals surface area contributed by atoms with E-state index in [9.17, 15) is 4.79 Å². The van der Waals surface area contributed by atoms with Gasteiger partial charge in [0.05, 0.1) is 24.0 Å². The number of hydrogen-bond donors (Lipinski definition) is 3. The molecule has 6 heteroatoms. The maximum absolute atomic E-state index is 12.2. The first-order chi connectivity index (χ1) is 10.4. The maximum atomic E-state index is 12.2. The molecule has 0 amide bonds. The Hall–Kier alpha value is -2.34. The highest BCUT2D eigenvalue weighted by atomic mass is 32.1. The number of H-pyrrole nitrogens is 1. The molecule has 22 heavy (non-hydrogen) atoms. The standard InChI is InChI=1S/C16H19N3O2S/c1-9(2)17-16(22)18-10(3)13-8-15(20)12-6-5-11(21-4)7-14(12)19-13/h5-9H,3H2,1-2,4H3,(H,19,20)(H2,17,18,22). The zero-order valence-electron chi connectivity index (χ0n) is 12.8. The van der Waals surface area contributed by atoms with Gasteiger partial charge in [0.15, 0.2) is 10.5 Å². The number of ether oxygens (including phenoxy) is 1. The van der Waals surface area contributed by atoms with Gasteiger partial charge in [-0.3, -0.25) is 4.79 Å². The van der Waals surface area contributed by atoms with Crippen molar-refractivity contribution in [1.82, 2.24) is 15.6 Å². The van der Waals surface area contributed by atoms with Crippen molar-refractivity contribution < 1.29 is 4.74 Å². The predicted octanol–water partition coefficient (Wildman–Crippen LogP) is 2.38. The highest BCUT2D eigenvalue weighted by Crippen LogP contribution is 2.18. The fourth-order valence-corrected chi connectivity index (χ4v) is 2.38. The van der Waals surface area contributed by atoms with Crippen LogP contribution >= 0.6 is 12.2 Å². The van der Waals surface area contributed by atoms with E-state index in [1.54, 1.807) is 25.3 Å². The number of hydrogen-bond acceptors (Lipinski definition) is 3. The van der Waals surface area contributed by atoms with Crippen molar-refractivity contribution in [2.75, 3.05) is 7.11 Å². The van der Waals surface area contributed by atoms with Gasteiger partial charge >= 0.3 is 0 Å². The van der Waals surface area contributed by atoms with Gasteiger partial charge in [-0.15, -0.1) is 0 Å². The number of thiocarbonyl (C=S) groups is 1. The van der Waals surface area contributed by atoms with Crippen molar-refractivity contribution in [3.63, 3.8) is 0 Å². The minimum absolute atomic E-state index is 0.0860. The van der Waals surface area contributed by atoms with E-state index in [2.05, 4.69) is 22.2 Å². The van der Waals surface area contributed by atoms with E-state index >= 15 is 0 Å². The lowest BCUT2D eigenvalue weighted by atomic mass is 10.1. The summed E-state index contributed by atoms with van der Waals surface area (Å²) in [6.07, 6.45) is 0. The Morgan fingerprint density at radius 2 is 2.09 bits per heavy atom. The Morgan fingerprint density at radius 3 is 2.73 bits per heavy atom. The van der Waals surface area contributed by atoms with Crippen LogP contribution in [0.2, 0.25) is 0 Å². The second kappa shape index (κ2) is 6.62. The Morgan fingerprint density at radius 1 is 1.36 bits per heavy atom. The highest BCUT2D eigenvalue weighted by molar-refractivity contribution is 7.80. The van der Waals surface area contributed by atoms with Gasteiger partial charge in [-0.05, 0) is 38.2 Å². The molecule has 0 aliphatic rings. The van der Waals surface area contributed by atoms with Gasteiger partial charge in [-0.1, -0.05) is 6.58 Å². The second-order valence-electron chi connectivity index (χ2n) is 5.19. The van der Waals surface area contributed by atoms with E-state index < -0.39 is 0 Å². The first kappa shape index (κ1) is 16.0. The van der Waals surface area contributed by atoms with E-state index in [0.29, 0.717) is 33.2 Å². The van der Waals surface area contributed by atoms with Gasteiger partial charge in [-0.2, -0.15) is 0 Å². The molecule has 0 fully saturated rings. The molecule has 0 saturated carbocycles. The first-order valence-corrected chi connectivity index (χ1v) is 7.29. The zero-order chi connectivity index (χ0) is 16.3. The molecule has 1 aromatic carbocycles. The minimum atomic E-state index is -0.0860. The lowest BCUT2D eigenvalue weighted by Crippen LogP contribution is -2.38. The Balaban J connectivity index is 2.33. The molecule has 0 spiro atoms. The fourth-order valence-electron chi connectivity index (χ4n) is 2.02. The van der Waals surface area contributed by atoms with Crippen LogP contribution in [0.4, 0.5) is 0 Å². The highest BCUT2D eigenvalue weighted by Gasteiger charge is 2.08. The molecule has 0 unspecified atom stereocenters. The molecule has 116 valence electrons. The average molecular weight is 317 g/mol. The Labute approximate surface area is 134 Å². The maximum Gasteiger partial charge on any atom is 0.190 e. The van der Waals surface area contributed by atoms with Gasteiger partial charge in [0.1, 0.15) is 5.75 Å². The molecule has 0 bridgehead atoms. The lowest BCUT2D eigenvalue weighted by molar-refractivity contribution is 0.415. The van der Waals surface area contributed by atoms with Crippen LogP contribution in [-0.2, 0) is 0 Å². The molecule has 2 rings (SSSR count). The van der Waals surface area contributed by atoms with Crippen LogP contribution in [-0.4, -0.2) is 23.2 Å². The van der Waals surface area contributed by atoms with Crippen LogP contribution in [0.25, 0.3) is 16.6 Å². The summed E-state index contributed by atoms with van der Waals surface area (Å²) in [5, 5.41) is 7.10. The van der Waals surface area contributed by atoms with E-state index in [0.717, 1.165) is 0 Å². The van der Waals surface area contributed by atoms with Crippen molar-refractivity contribution in [2.24, 2.45) is 0 Å². The topological polar surface area (TPSA) is 66.2 Å². The summed E-state index contributed by atoms with van der Waals surface area (Å²) in [6.45, 7) is 7.90. The number of aromatic nitrogens is 1. The second-order valence-corrected chi connectivity index (χ2v) is 5.60.